The van der Waals surface area contributed by atoms with Crippen LogP contribution in [-0.2, 0) is 0 Å². The Kier molecular flexibility index (Phi) is 1.74. The Labute approximate surface area is 79.2 Å². The van der Waals surface area contributed by atoms with Gasteiger partial charge in [0.05, 0.1) is 9.72 Å². The number of rotatable bonds is 0. The van der Waals surface area contributed by atoms with Crippen LogP contribution < -0.4 is 0 Å². The third kappa shape index (κ3) is 0.993. The lowest BCUT2D eigenvalue weighted by Crippen LogP contribution is -1.65. The molecule has 0 saturated heterocycles. The van der Waals surface area contributed by atoms with Crippen LogP contribution in [0.2, 0.25) is 5.02 Å². The van der Waals surface area contributed by atoms with Crippen LogP contribution >= 0.6 is 22.9 Å². The van der Waals surface area contributed by atoms with Gasteiger partial charge in [0.15, 0.2) is 0 Å². The van der Waals surface area contributed by atoms with Gasteiger partial charge in [-0.15, -0.1) is 11.3 Å². The molecule has 1 aromatic carbocycles. The van der Waals surface area contributed by atoms with Gasteiger partial charge >= 0.3 is 0 Å². The Morgan fingerprint density at radius 3 is 2.83 bits per heavy atom. The van der Waals surface area contributed by atoms with Gasteiger partial charge in [0.2, 0.25) is 0 Å². The topological polar surface area (TPSA) is 20.2 Å². The van der Waals surface area contributed by atoms with Crippen LogP contribution in [0.15, 0.2) is 18.2 Å². The second-order valence-corrected chi connectivity index (χ2v) is 4.26. The van der Waals surface area contributed by atoms with Gasteiger partial charge in [-0.3, -0.25) is 0 Å². The Hall–Kier alpha value is -0.730. The van der Waals surface area contributed by atoms with Crippen molar-refractivity contribution in [1.29, 1.82) is 0 Å². The van der Waals surface area contributed by atoms with Crippen molar-refractivity contribution < 1.29 is 5.11 Å². The fourth-order valence-electron chi connectivity index (χ4n) is 1.19. The van der Waals surface area contributed by atoms with E-state index in [0.29, 0.717) is 10.8 Å². The zero-order chi connectivity index (χ0) is 8.72. The quantitative estimate of drug-likeness (QED) is 0.686. The van der Waals surface area contributed by atoms with Crippen molar-refractivity contribution in [2.45, 2.75) is 6.92 Å². The summed E-state index contributed by atoms with van der Waals surface area (Å²) in [6.07, 6.45) is 0. The number of hydrogen-bond acceptors (Lipinski definition) is 2. The lowest BCUT2D eigenvalue weighted by Gasteiger charge is -1.91. The molecule has 2 rings (SSSR count). The predicted octanol–water partition coefficient (Wildman–Crippen LogP) is 3.57. The molecule has 0 spiro atoms. The number of thiophene rings is 1. The van der Waals surface area contributed by atoms with Gasteiger partial charge in [-0.25, -0.2) is 0 Å². The first kappa shape index (κ1) is 7.90. The molecule has 62 valence electrons. The van der Waals surface area contributed by atoms with E-state index in [1.165, 1.54) is 11.3 Å². The molecule has 1 N–H and O–H groups in total. The summed E-state index contributed by atoms with van der Waals surface area (Å²) in [7, 11) is 0. The highest BCUT2D eigenvalue weighted by atomic mass is 35.5. The van der Waals surface area contributed by atoms with E-state index >= 15 is 0 Å². The molecule has 0 unspecified atom stereocenters. The molecular weight excluding hydrogens is 192 g/mol. The third-order valence-corrected chi connectivity index (χ3v) is 3.38. The van der Waals surface area contributed by atoms with Crippen LogP contribution in [0.3, 0.4) is 0 Å². The molecular formula is C9H7ClOS. The minimum atomic E-state index is 0.359. The molecule has 0 amide bonds. The number of hydrogen-bond donors (Lipinski definition) is 1. The number of benzene rings is 1. The lowest BCUT2D eigenvalue weighted by atomic mass is 10.2. The summed E-state index contributed by atoms with van der Waals surface area (Å²) >= 11 is 7.47. The van der Waals surface area contributed by atoms with Crippen molar-refractivity contribution in [3.63, 3.8) is 0 Å². The average Bonchev–Trinajstić information content (AvgIpc) is 2.32. The van der Waals surface area contributed by atoms with E-state index in [2.05, 4.69) is 0 Å². The van der Waals surface area contributed by atoms with Crippen LogP contribution in [0.5, 0.6) is 5.75 Å². The molecule has 12 heavy (non-hydrogen) atoms. The summed E-state index contributed by atoms with van der Waals surface area (Å²) < 4.78 is 0.967. The smallest absolute Gasteiger partial charge is 0.137 e. The van der Waals surface area contributed by atoms with Gasteiger partial charge in [0.25, 0.3) is 0 Å². The molecule has 1 heterocycles. The SMILES string of the molecule is Cc1sc2c(Cl)cccc2c1O. The number of fused-ring (bicyclic) bond motifs is 1. The Morgan fingerprint density at radius 2 is 2.17 bits per heavy atom. The van der Waals surface area contributed by atoms with E-state index in [1.54, 1.807) is 0 Å². The third-order valence-electron chi connectivity index (χ3n) is 1.81. The highest BCUT2D eigenvalue weighted by Crippen LogP contribution is 2.39. The van der Waals surface area contributed by atoms with Gasteiger partial charge in [-0.1, -0.05) is 17.7 Å². The summed E-state index contributed by atoms with van der Waals surface area (Å²) in [5.41, 5.74) is 0. The zero-order valence-corrected chi connectivity index (χ0v) is 8.04. The Morgan fingerprint density at radius 1 is 1.42 bits per heavy atom. The average molecular weight is 199 g/mol. The van der Waals surface area contributed by atoms with Crippen LogP contribution in [0.1, 0.15) is 4.88 Å². The van der Waals surface area contributed by atoms with E-state index < -0.39 is 0 Å². The standard InChI is InChI=1S/C9H7ClOS/c1-5-8(11)6-3-2-4-7(10)9(6)12-5/h2-4,11H,1H3. The zero-order valence-electron chi connectivity index (χ0n) is 6.47. The maximum atomic E-state index is 9.57. The van der Waals surface area contributed by atoms with Crippen LogP contribution in [0.25, 0.3) is 10.1 Å². The molecule has 0 atom stereocenters. The largest absolute Gasteiger partial charge is 0.506 e. The number of halogens is 1. The van der Waals surface area contributed by atoms with Crippen LogP contribution in [-0.4, -0.2) is 5.11 Å². The minimum absolute atomic E-state index is 0.359. The number of aryl methyl sites for hydroxylation is 1. The van der Waals surface area contributed by atoms with E-state index in [9.17, 15) is 5.11 Å². The highest BCUT2D eigenvalue weighted by Gasteiger charge is 2.08. The fourth-order valence-corrected chi connectivity index (χ4v) is 2.43. The van der Waals surface area contributed by atoms with Gasteiger partial charge in [-0.2, -0.15) is 0 Å². The monoisotopic (exact) mass is 198 g/mol. The first-order chi connectivity index (χ1) is 5.70. The van der Waals surface area contributed by atoms with Crippen molar-refractivity contribution in [3.05, 3.63) is 28.1 Å². The maximum Gasteiger partial charge on any atom is 0.137 e. The van der Waals surface area contributed by atoms with Gasteiger partial charge < -0.3 is 5.11 Å². The summed E-state index contributed by atoms with van der Waals surface area (Å²) in [6, 6.07) is 5.55. The van der Waals surface area contributed by atoms with E-state index in [4.69, 9.17) is 11.6 Å². The van der Waals surface area contributed by atoms with Crippen LogP contribution in [0.4, 0.5) is 0 Å². The Balaban J connectivity index is 2.95. The molecule has 0 fully saturated rings. The summed E-state index contributed by atoms with van der Waals surface area (Å²) in [5.74, 6) is 0.359. The van der Waals surface area contributed by atoms with Crippen molar-refractivity contribution >= 4 is 33.0 Å². The second-order valence-electron chi connectivity index (χ2n) is 2.62. The van der Waals surface area contributed by atoms with Crippen molar-refractivity contribution in [2.75, 3.05) is 0 Å². The van der Waals surface area contributed by atoms with Crippen molar-refractivity contribution in [1.82, 2.24) is 0 Å². The van der Waals surface area contributed by atoms with Crippen molar-refractivity contribution in [2.24, 2.45) is 0 Å². The second kappa shape index (κ2) is 2.64. The van der Waals surface area contributed by atoms with Gasteiger partial charge in [0, 0.05) is 10.3 Å². The molecule has 0 saturated carbocycles. The minimum Gasteiger partial charge on any atom is -0.506 e. The molecule has 0 aliphatic heterocycles. The van der Waals surface area contributed by atoms with Crippen molar-refractivity contribution in [3.8, 4) is 5.75 Å². The molecule has 2 aromatic rings. The molecule has 0 aliphatic carbocycles. The highest BCUT2D eigenvalue weighted by molar-refractivity contribution is 7.20. The molecule has 0 aliphatic rings. The first-order valence-electron chi connectivity index (χ1n) is 3.56. The number of aromatic hydroxyl groups is 1. The fraction of sp³-hybridized carbons (Fsp3) is 0.111. The Bertz CT molecular complexity index is 433. The van der Waals surface area contributed by atoms with E-state index in [-0.39, 0.29) is 0 Å². The molecule has 0 bridgehead atoms. The molecule has 3 heteroatoms. The van der Waals surface area contributed by atoms with Crippen LogP contribution in [0, 0.1) is 6.92 Å². The van der Waals surface area contributed by atoms with E-state index in [0.717, 1.165) is 15.0 Å². The summed E-state index contributed by atoms with van der Waals surface area (Å²) in [5, 5.41) is 11.1. The first-order valence-corrected chi connectivity index (χ1v) is 4.76. The molecule has 0 radical (unpaired) electrons. The summed E-state index contributed by atoms with van der Waals surface area (Å²) in [6.45, 7) is 1.89. The maximum absolute atomic E-state index is 9.57. The molecule has 1 aromatic heterocycles. The summed E-state index contributed by atoms with van der Waals surface area (Å²) in [4.78, 5) is 0.915. The normalized spacial score (nSPS) is 10.8. The van der Waals surface area contributed by atoms with E-state index in [1.807, 2.05) is 25.1 Å². The predicted molar refractivity (Wildman–Crippen MR) is 53.2 cm³/mol. The van der Waals surface area contributed by atoms with Gasteiger partial charge in [0.1, 0.15) is 5.75 Å². The lowest BCUT2D eigenvalue weighted by molar-refractivity contribution is 0.480. The van der Waals surface area contributed by atoms with Gasteiger partial charge in [-0.05, 0) is 19.1 Å². The molecule has 1 nitrogen and oxygen atoms in total.